The normalized spacial score (nSPS) is 15.9. The molecule has 1 unspecified atom stereocenters. The van der Waals surface area contributed by atoms with Gasteiger partial charge in [0, 0.05) is 6.04 Å². The molecule has 2 N–H and O–H groups in total. The summed E-state index contributed by atoms with van der Waals surface area (Å²) in [5.41, 5.74) is 1.09. The number of hydrogen-bond donors (Lipinski definition) is 2. The van der Waals surface area contributed by atoms with Gasteiger partial charge < -0.3 is 15.4 Å². The molecule has 4 heteroatoms. The fourth-order valence-electron chi connectivity index (χ4n) is 1.92. The van der Waals surface area contributed by atoms with Gasteiger partial charge in [-0.3, -0.25) is 4.79 Å². The largest absolute Gasteiger partial charge is 0.494 e. The average molecular weight is 262 g/mol. The summed E-state index contributed by atoms with van der Waals surface area (Å²) in [6.07, 6.45) is 2.39. The van der Waals surface area contributed by atoms with E-state index in [2.05, 4.69) is 10.6 Å². The van der Waals surface area contributed by atoms with Crippen molar-refractivity contribution >= 4 is 5.91 Å². The monoisotopic (exact) mass is 262 g/mol. The lowest BCUT2D eigenvalue weighted by molar-refractivity contribution is -0.120. The molecule has 104 valence electrons. The van der Waals surface area contributed by atoms with Gasteiger partial charge in [-0.05, 0) is 44.4 Å². The van der Waals surface area contributed by atoms with E-state index in [1.807, 2.05) is 38.1 Å². The summed E-state index contributed by atoms with van der Waals surface area (Å²) in [7, 11) is 0. The van der Waals surface area contributed by atoms with Gasteiger partial charge in [-0.25, -0.2) is 0 Å². The molecule has 1 amide bonds. The summed E-state index contributed by atoms with van der Waals surface area (Å²) in [5.74, 6) is 0.911. The molecule has 0 bridgehead atoms. The number of carbonyl (C=O) groups excluding carboxylic acids is 1. The van der Waals surface area contributed by atoms with Crippen LogP contribution in [0.25, 0.3) is 0 Å². The Bertz CT molecular complexity index is 413. The molecule has 0 heterocycles. The third-order valence-electron chi connectivity index (χ3n) is 3.20. The first-order valence-corrected chi connectivity index (χ1v) is 6.94. The van der Waals surface area contributed by atoms with Crippen LogP contribution in [0.4, 0.5) is 0 Å². The van der Waals surface area contributed by atoms with Crippen molar-refractivity contribution in [1.29, 1.82) is 0 Å². The number of benzene rings is 1. The highest BCUT2D eigenvalue weighted by atomic mass is 16.5. The number of hydrogen-bond acceptors (Lipinski definition) is 3. The fraction of sp³-hybridized carbons (Fsp3) is 0.533. The van der Waals surface area contributed by atoms with Gasteiger partial charge in [0.2, 0.25) is 5.91 Å². The number of amides is 1. The summed E-state index contributed by atoms with van der Waals surface area (Å²) in [4.78, 5) is 11.7. The highest BCUT2D eigenvalue weighted by molar-refractivity contribution is 5.78. The quantitative estimate of drug-likeness (QED) is 0.790. The van der Waals surface area contributed by atoms with E-state index in [9.17, 15) is 4.79 Å². The zero-order valence-electron chi connectivity index (χ0n) is 11.6. The molecule has 1 fully saturated rings. The maximum Gasteiger partial charge on any atom is 0.234 e. The van der Waals surface area contributed by atoms with Crippen LogP contribution >= 0.6 is 0 Å². The van der Waals surface area contributed by atoms with Gasteiger partial charge in [-0.1, -0.05) is 12.1 Å². The first kappa shape index (κ1) is 13.9. The van der Waals surface area contributed by atoms with E-state index in [0.717, 1.165) is 11.3 Å². The lowest BCUT2D eigenvalue weighted by Gasteiger charge is -2.15. The highest BCUT2D eigenvalue weighted by Crippen LogP contribution is 2.19. The highest BCUT2D eigenvalue weighted by Gasteiger charge is 2.21. The smallest absolute Gasteiger partial charge is 0.234 e. The molecular weight excluding hydrogens is 240 g/mol. The van der Waals surface area contributed by atoms with Gasteiger partial charge >= 0.3 is 0 Å². The van der Waals surface area contributed by atoms with E-state index in [-0.39, 0.29) is 11.9 Å². The predicted molar refractivity (Wildman–Crippen MR) is 75.2 cm³/mol. The molecule has 2 rings (SSSR count). The van der Waals surface area contributed by atoms with Crippen LogP contribution < -0.4 is 15.4 Å². The van der Waals surface area contributed by atoms with E-state index in [0.29, 0.717) is 19.2 Å². The molecule has 1 atom stereocenters. The molecule has 1 aliphatic carbocycles. The maximum atomic E-state index is 11.7. The van der Waals surface area contributed by atoms with Crippen molar-refractivity contribution in [2.75, 3.05) is 13.2 Å². The van der Waals surface area contributed by atoms with E-state index in [1.165, 1.54) is 12.8 Å². The molecule has 0 aromatic heterocycles. The second kappa shape index (κ2) is 6.57. The minimum Gasteiger partial charge on any atom is -0.494 e. The van der Waals surface area contributed by atoms with Crippen molar-refractivity contribution in [3.8, 4) is 5.75 Å². The molecule has 0 aliphatic heterocycles. The second-order valence-corrected chi connectivity index (χ2v) is 4.95. The van der Waals surface area contributed by atoms with Crippen molar-refractivity contribution in [2.45, 2.75) is 38.8 Å². The van der Waals surface area contributed by atoms with Gasteiger partial charge in [0.05, 0.1) is 19.2 Å². The molecular formula is C15H22N2O2. The molecule has 1 aromatic carbocycles. The van der Waals surface area contributed by atoms with Crippen molar-refractivity contribution in [1.82, 2.24) is 10.6 Å². The molecule has 4 nitrogen and oxygen atoms in total. The van der Waals surface area contributed by atoms with Crippen molar-refractivity contribution in [3.05, 3.63) is 29.8 Å². The summed E-state index contributed by atoms with van der Waals surface area (Å²) in [6.45, 7) is 5.03. The topological polar surface area (TPSA) is 50.4 Å². The number of nitrogens with one attached hydrogen (secondary N) is 2. The lowest BCUT2D eigenvalue weighted by Crippen LogP contribution is -2.36. The minimum atomic E-state index is 0.0178. The van der Waals surface area contributed by atoms with Crippen LogP contribution in [0.5, 0.6) is 5.75 Å². The molecule has 1 aromatic rings. The van der Waals surface area contributed by atoms with Gasteiger partial charge in [0.15, 0.2) is 0 Å². The third kappa shape index (κ3) is 4.56. The SMILES string of the molecule is CCOc1ccc(C(C)NC(=O)CNC2CC2)cc1. The fourth-order valence-corrected chi connectivity index (χ4v) is 1.92. The number of rotatable bonds is 7. The van der Waals surface area contributed by atoms with E-state index in [4.69, 9.17) is 4.74 Å². The Hall–Kier alpha value is -1.55. The summed E-state index contributed by atoms with van der Waals surface area (Å²) >= 11 is 0. The molecule has 0 saturated heterocycles. The van der Waals surface area contributed by atoms with Crippen molar-refractivity contribution in [2.24, 2.45) is 0 Å². The van der Waals surface area contributed by atoms with Crippen LogP contribution in [0, 0.1) is 0 Å². The Morgan fingerprint density at radius 3 is 2.63 bits per heavy atom. The Labute approximate surface area is 114 Å². The summed E-state index contributed by atoms with van der Waals surface area (Å²) in [5, 5.41) is 6.20. The Balaban J connectivity index is 1.80. The Morgan fingerprint density at radius 2 is 2.05 bits per heavy atom. The lowest BCUT2D eigenvalue weighted by atomic mass is 10.1. The summed E-state index contributed by atoms with van der Waals surface area (Å²) in [6, 6.07) is 8.43. The van der Waals surface area contributed by atoms with Gasteiger partial charge in [0.25, 0.3) is 0 Å². The maximum absolute atomic E-state index is 11.7. The van der Waals surface area contributed by atoms with Crippen LogP contribution in [0.3, 0.4) is 0 Å². The standard InChI is InChI=1S/C15H22N2O2/c1-3-19-14-8-4-12(5-9-14)11(2)17-15(18)10-16-13-6-7-13/h4-5,8-9,11,13,16H,3,6-7,10H2,1-2H3,(H,17,18). The van der Waals surface area contributed by atoms with Gasteiger partial charge in [-0.15, -0.1) is 0 Å². The zero-order valence-corrected chi connectivity index (χ0v) is 11.6. The Kier molecular flexibility index (Phi) is 4.80. The molecule has 0 radical (unpaired) electrons. The zero-order chi connectivity index (χ0) is 13.7. The number of ether oxygens (including phenoxy) is 1. The number of carbonyl (C=O) groups is 1. The van der Waals surface area contributed by atoms with Crippen molar-refractivity contribution in [3.63, 3.8) is 0 Å². The summed E-state index contributed by atoms with van der Waals surface area (Å²) < 4.78 is 5.40. The predicted octanol–water partition coefficient (Wildman–Crippen LogP) is 2.01. The van der Waals surface area contributed by atoms with Crippen LogP contribution in [0.1, 0.15) is 38.3 Å². The van der Waals surface area contributed by atoms with Crippen LogP contribution in [-0.4, -0.2) is 25.1 Å². The second-order valence-electron chi connectivity index (χ2n) is 4.95. The first-order valence-electron chi connectivity index (χ1n) is 6.94. The average Bonchev–Trinajstić information content (AvgIpc) is 3.21. The van der Waals surface area contributed by atoms with Crippen LogP contribution in [-0.2, 0) is 4.79 Å². The van der Waals surface area contributed by atoms with Crippen molar-refractivity contribution < 1.29 is 9.53 Å². The molecule has 19 heavy (non-hydrogen) atoms. The molecule has 0 spiro atoms. The van der Waals surface area contributed by atoms with Crippen LogP contribution in [0.2, 0.25) is 0 Å². The minimum absolute atomic E-state index is 0.0178. The van der Waals surface area contributed by atoms with Crippen LogP contribution in [0.15, 0.2) is 24.3 Å². The molecule has 1 aliphatic rings. The Morgan fingerprint density at radius 1 is 1.37 bits per heavy atom. The van der Waals surface area contributed by atoms with E-state index < -0.39 is 0 Å². The first-order chi connectivity index (χ1) is 9.19. The van der Waals surface area contributed by atoms with Gasteiger partial charge in [-0.2, -0.15) is 0 Å². The molecule has 1 saturated carbocycles. The van der Waals surface area contributed by atoms with E-state index >= 15 is 0 Å². The third-order valence-corrected chi connectivity index (χ3v) is 3.20. The van der Waals surface area contributed by atoms with E-state index in [1.54, 1.807) is 0 Å². The van der Waals surface area contributed by atoms with Gasteiger partial charge in [0.1, 0.15) is 5.75 Å².